The lowest BCUT2D eigenvalue weighted by atomic mass is 9.89. The fourth-order valence-corrected chi connectivity index (χ4v) is 2.70. The smallest absolute Gasteiger partial charge is 0.251 e. The van der Waals surface area contributed by atoms with Gasteiger partial charge in [0.05, 0.1) is 0 Å². The molecule has 110 valence electrons. The molecule has 20 heavy (non-hydrogen) atoms. The number of hydrazine groups is 1. The summed E-state index contributed by atoms with van der Waals surface area (Å²) in [6, 6.07) is 3.52. The number of rotatable bonds is 5. The van der Waals surface area contributed by atoms with E-state index < -0.39 is 0 Å². The highest BCUT2D eigenvalue weighted by Gasteiger charge is 2.15. The maximum absolute atomic E-state index is 12.2. The maximum atomic E-state index is 12.2. The number of aromatic nitrogens is 1. The van der Waals surface area contributed by atoms with E-state index in [2.05, 4.69) is 15.7 Å². The number of nitrogen functional groups attached to an aromatic ring is 1. The Hall–Kier alpha value is -1.62. The van der Waals surface area contributed by atoms with Gasteiger partial charge in [-0.15, -0.1) is 0 Å². The van der Waals surface area contributed by atoms with E-state index in [0.717, 1.165) is 18.7 Å². The molecule has 0 bridgehead atoms. The molecule has 1 aliphatic rings. The summed E-state index contributed by atoms with van der Waals surface area (Å²) in [6.07, 6.45) is 7.14. The zero-order chi connectivity index (χ0) is 14.4. The highest BCUT2D eigenvalue weighted by molar-refractivity contribution is 5.95. The number of anilines is 1. The Kier molecular flexibility index (Phi) is 5.35. The van der Waals surface area contributed by atoms with Crippen molar-refractivity contribution in [1.82, 2.24) is 10.3 Å². The van der Waals surface area contributed by atoms with E-state index in [1.54, 1.807) is 6.07 Å². The standard InChI is InChI=1S/C15H24N4O/c1-2-13-8-12(9-14(18-13)19-16)15(20)17-10-11-6-4-3-5-7-11/h8-9,11H,2-7,10,16H2,1H3,(H,17,20)(H,18,19). The van der Waals surface area contributed by atoms with Gasteiger partial charge >= 0.3 is 0 Å². The zero-order valence-electron chi connectivity index (χ0n) is 12.1. The first-order valence-corrected chi connectivity index (χ1v) is 7.48. The van der Waals surface area contributed by atoms with Gasteiger partial charge in [-0.2, -0.15) is 0 Å². The number of nitrogens with two attached hydrogens (primary N) is 1. The largest absolute Gasteiger partial charge is 0.352 e. The molecule has 0 spiro atoms. The number of pyridine rings is 1. The van der Waals surface area contributed by atoms with Crippen molar-refractivity contribution in [3.8, 4) is 0 Å². The molecule has 1 aromatic rings. The molecule has 0 aliphatic heterocycles. The van der Waals surface area contributed by atoms with Crippen LogP contribution in [0, 0.1) is 5.92 Å². The molecule has 0 saturated heterocycles. The third-order valence-electron chi connectivity index (χ3n) is 3.93. The molecule has 0 aromatic carbocycles. The predicted molar refractivity (Wildman–Crippen MR) is 80.3 cm³/mol. The molecule has 1 amide bonds. The second-order valence-corrected chi connectivity index (χ2v) is 5.44. The normalized spacial score (nSPS) is 15.9. The summed E-state index contributed by atoms with van der Waals surface area (Å²) >= 11 is 0. The van der Waals surface area contributed by atoms with Crippen molar-refractivity contribution in [2.75, 3.05) is 12.0 Å². The van der Waals surface area contributed by atoms with Gasteiger partial charge in [-0.3, -0.25) is 4.79 Å². The summed E-state index contributed by atoms with van der Waals surface area (Å²) < 4.78 is 0. The Morgan fingerprint density at radius 2 is 2.10 bits per heavy atom. The summed E-state index contributed by atoms with van der Waals surface area (Å²) in [5.74, 6) is 6.52. The van der Waals surface area contributed by atoms with Crippen LogP contribution in [0.2, 0.25) is 0 Å². The van der Waals surface area contributed by atoms with Gasteiger partial charge < -0.3 is 10.7 Å². The van der Waals surface area contributed by atoms with Crippen LogP contribution in [0.4, 0.5) is 5.82 Å². The van der Waals surface area contributed by atoms with E-state index in [-0.39, 0.29) is 5.91 Å². The van der Waals surface area contributed by atoms with Crippen molar-refractivity contribution in [1.29, 1.82) is 0 Å². The van der Waals surface area contributed by atoms with Crippen LogP contribution < -0.4 is 16.6 Å². The second-order valence-electron chi connectivity index (χ2n) is 5.44. The molecule has 4 N–H and O–H groups in total. The molecule has 1 aromatic heterocycles. The number of amides is 1. The van der Waals surface area contributed by atoms with Crippen LogP contribution in [0.1, 0.15) is 55.1 Å². The average molecular weight is 276 g/mol. The predicted octanol–water partition coefficient (Wildman–Crippen LogP) is 2.24. The Bertz CT molecular complexity index is 433. The lowest BCUT2D eigenvalue weighted by Gasteiger charge is -2.21. The number of hydrogen-bond donors (Lipinski definition) is 3. The summed E-state index contributed by atoms with van der Waals surface area (Å²) in [7, 11) is 0. The summed E-state index contributed by atoms with van der Waals surface area (Å²) in [5.41, 5.74) is 4.00. The summed E-state index contributed by atoms with van der Waals surface area (Å²) in [4.78, 5) is 16.5. The van der Waals surface area contributed by atoms with Gasteiger partial charge in [0.15, 0.2) is 0 Å². The van der Waals surface area contributed by atoms with E-state index in [9.17, 15) is 4.79 Å². The van der Waals surface area contributed by atoms with Crippen molar-refractivity contribution in [3.63, 3.8) is 0 Å². The van der Waals surface area contributed by atoms with E-state index in [1.165, 1.54) is 32.1 Å². The molecule has 0 atom stereocenters. The van der Waals surface area contributed by atoms with Crippen LogP contribution in [0.5, 0.6) is 0 Å². The molecule has 0 radical (unpaired) electrons. The van der Waals surface area contributed by atoms with Crippen LogP contribution in [0.15, 0.2) is 12.1 Å². The van der Waals surface area contributed by atoms with Crippen LogP contribution in [-0.2, 0) is 6.42 Å². The number of nitrogens with zero attached hydrogens (tertiary/aromatic N) is 1. The molecule has 5 heteroatoms. The Morgan fingerprint density at radius 3 is 2.75 bits per heavy atom. The van der Waals surface area contributed by atoms with Crippen molar-refractivity contribution < 1.29 is 4.79 Å². The van der Waals surface area contributed by atoms with Crippen LogP contribution in [0.25, 0.3) is 0 Å². The van der Waals surface area contributed by atoms with E-state index in [1.807, 2.05) is 13.0 Å². The molecule has 0 unspecified atom stereocenters. The van der Waals surface area contributed by atoms with Gasteiger partial charge in [-0.05, 0) is 37.3 Å². The molecule has 1 heterocycles. The average Bonchev–Trinajstić information content (AvgIpc) is 2.52. The monoisotopic (exact) mass is 276 g/mol. The quantitative estimate of drug-likeness (QED) is 0.569. The van der Waals surface area contributed by atoms with Gasteiger partial charge in [0.2, 0.25) is 0 Å². The van der Waals surface area contributed by atoms with Gasteiger partial charge in [0.25, 0.3) is 5.91 Å². The van der Waals surface area contributed by atoms with Gasteiger partial charge in [0.1, 0.15) is 5.82 Å². The van der Waals surface area contributed by atoms with Crippen molar-refractivity contribution in [2.24, 2.45) is 11.8 Å². The number of carbonyl (C=O) groups is 1. The third-order valence-corrected chi connectivity index (χ3v) is 3.93. The van der Waals surface area contributed by atoms with Crippen LogP contribution >= 0.6 is 0 Å². The lowest BCUT2D eigenvalue weighted by molar-refractivity contribution is 0.0943. The van der Waals surface area contributed by atoms with Crippen molar-refractivity contribution in [3.05, 3.63) is 23.4 Å². The second kappa shape index (κ2) is 7.24. The van der Waals surface area contributed by atoms with E-state index in [4.69, 9.17) is 5.84 Å². The third kappa shape index (κ3) is 3.93. The maximum Gasteiger partial charge on any atom is 0.251 e. The first-order chi connectivity index (χ1) is 9.72. The van der Waals surface area contributed by atoms with Gasteiger partial charge in [0, 0.05) is 17.8 Å². The van der Waals surface area contributed by atoms with Crippen molar-refractivity contribution in [2.45, 2.75) is 45.4 Å². The number of aryl methyl sites for hydroxylation is 1. The molecule has 1 aliphatic carbocycles. The van der Waals surface area contributed by atoms with Crippen LogP contribution in [0.3, 0.4) is 0 Å². The lowest BCUT2D eigenvalue weighted by Crippen LogP contribution is -2.30. The first kappa shape index (κ1) is 14.8. The minimum absolute atomic E-state index is 0.0378. The fraction of sp³-hybridized carbons (Fsp3) is 0.600. The zero-order valence-corrected chi connectivity index (χ0v) is 12.1. The molecule has 2 rings (SSSR count). The Balaban J connectivity index is 1.97. The van der Waals surface area contributed by atoms with E-state index >= 15 is 0 Å². The van der Waals surface area contributed by atoms with Gasteiger partial charge in [-0.25, -0.2) is 10.8 Å². The Morgan fingerprint density at radius 1 is 1.35 bits per heavy atom. The molecule has 5 nitrogen and oxygen atoms in total. The van der Waals surface area contributed by atoms with Crippen LogP contribution in [-0.4, -0.2) is 17.4 Å². The highest BCUT2D eigenvalue weighted by atomic mass is 16.1. The van der Waals surface area contributed by atoms with E-state index in [0.29, 0.717) is 17.3 Å². The Labute approximate surface area is 120 Å². The highest BCUT2D eigenvalue weighted by Crippen LogP contribution is 2.22. The molecular formula is C15H24N4O. The fourth-order valence-electron chi connectivity index (χ4n) is 2.70. The molecule has 1 saturated carbocycles. The molecular weight excluding hydrogens is 252 g/mol. The first-order valence-electron chi connectivity index (χ1n) is 7.48. The summed E-state index contributed by atoms with van der Waals surface area (Å²) in [6.45, 7) is 2.78. The minimum atomic E-state index is -0.0378. The topological polar surface area (TPSA) is 80.0 Å². The number of hydrogen-bond acceptors (Lipinski definition) is 4. The minimum Gasteiger partial charge on any atom is -0.352 e. The summed E-state index contributed by atoms with van der Waals surface area (Å²) in [5, 5.41) is 3.04. The number of carbonyl (C=O) groups excluding carboxylic acids is 1. The SMILES string of the molecule is CCc1cc(C(=O)NCC2CCCCC2)cc(NN)n1. The molecule has 1 fully saturated rings. The van der Waals surface area contributed by atoms with Gasteiger partial charge in [-0.1, -0.05) is 26.2 Å². The number of nitrogens with one attached hydrogen (secondary N) is 2. The van der Waals surface area contributed by atoms with Crippen molar-refractivity contribution >= 4 is 11.7 Å².